The molecule has 1 aromatic rings. The first-order chi connectivity index (χ1) is 9.37. The number of halogens is 1. The smallest absolute Gasteiger partial charge is 0.409 e. The highest BCUT2D eigenvalue weighted by Gasteiger charge is 2.34. The van der Waals surface area contributed by atoms with Gasteiger partial charge in [0.2, 0.25) is 5.03 Å². The van der Waals surface area contributed by atoms with E-state index in [0.29, 0.717) is 0 Å². The summed E-state index contributed by atoms with van der Waals surface area (Å²) in [6.45, 7) is 0.980. The van der Waals surface area contributed by atoms with Gasteiger partial charge >= 0.3 is 6.09 Å². The maximum absolute atomic E-state index is 12.5. The van der Waals surface area contributed by atoms with Crippen LogP contribution < -0.4 is 0 Å². The Hall–Kier alpha value is -1.20. The summed E-state index contributed by atoms with van der Waals surface area (Å²) >= 11 is 3.08. The van der Waals surface area contributed by atoms with Gasteiger partial charge in [0.15, 0.2) is 4.60 Å². The van der Waals surface area contributed by atoms with Gasteiger partial charge in [-0.1, -0.05) is 5.21 Å². The number of aryl methyl sites for hydroxylation is 1. The molecular weight excluding hydrogens is 354 g/mol. The van der Waals surface area contributed by atoms with Gasteiger partial charge in [-0.15, -0.1) is 5.10 Å². The molecule has 1 fully saturated rings. The third-order valence-electron chi connectivity index (χ3n) is 2.99. The number of hydrogen-bond donors (Lipinski definition) is 0. The maximum atomic E-state index is 12.5. The molecule has 1 aliphatic rings. The lowest BCUT2D eigenvalue weighted by Crippen LogP contribution is -2.50. The predicted molar refractivity (Wildman–Crippen MR) is 71.4 cm³/mol. The number of sulfonamides is 1. The van der Waals surface area contributed by atoms with Crippen molar-refractivity contribution in [2.24, 2.45) is 7.05 Å². The second-order valence-electron chi connectivity index (χ2n) is 4.17. The van der Waals surface area contributed by atoms with Crippen molar-refractivity contribution in [3.63, 3.8) is 0 Å². The molecule has 20 heavy (non-hydrogen) atoms. The van der Waals surface area contributed by atoms with E-state index in [-0.39, 0.29) is 35.8 Å². The summed E-state index contributed by atoms with van der Waals surface area (Å²) in [6, 6.07) is 0. The number of aromatic nitrogens is 3. The number of amides is 1. The van der Waals surface area contributed by atoms with Crippen molar-refractivity contribution < 1.29 is 17.9 Å². The summed E-state index contributed by atoms with van der Waals surface area (Å²) < 4.78 is 32.3. The fourth-order valence-electron chi connectivity index (χ4n) is 1.96. The van der Waals surface area contributed by atoms with Crippen LogP contribution in [0.4, 0.5) is 4.79 Å². The topological polar surface area (TPSA) is 97.6 Å². The highest BCUT2D eigenvalue weighted by atomic mass is 79.9. The molecule has 0 radical (unpaired) electrons. The van der Waals surface area contributed by atoms with Gasteiger partial charge in [0, 0.05) is 33.2 Å². The Morgan fingerprint density at radius 2 is 1.90 bits per heavy atom. The summed E-state index contributed by atoms with van der Waals surface area (Å²) in [4.78, 5) is 12.8. The normalized spacial score (nSPS) is 17.2. The van der Waals surface area contributed by atoms with E-state index in [1.54, 1.807) is 0 Å². The van der Waals surface area contributed by atoms with Crippen LogP contribution in [0.15, 0.2) is 9.63 Å². The molecule has 0 spiro atoms. The third-order valence-corrected chi connectivity index (χ3v) is 5.78. The lowest BCUT2D eigenvalue weighted by atomic mass is 10.4. The first kappa shape index (κ1) is 15.2. The van der Waals surface area contributed by atoms with Crippen LogP contribution in [0, 0.1) is 0 Å². The van der Waals surface area contributed by atoms with Crippen molar-refractivity contribution in [3.05, 3.63) is 4.60 Å². The zero-order chi connectivity index (χ0) is 14.9. The minimum absolute atomic E-state index is 0.00372. The van der Waals surface area contributed by atoms with Crippen molar-refractivity contribution >= 4 is 32.0 Å². The van der Waals surface area contributed by atoms with Gasteiger partial charge in [-0.05, 0) is 15.9 Å². The number of methoxy groups -OCH3 is 1. The van der Waals surface area contributed by atoms with Crippen molar-refractivity contribution in [1.82, 2.24) is 24.2 Å². The fourth-order valence-corrected chi connectivity index (χ4v) is 4.41. The van der Waals surface area contributed by atoms with E-state index in [0.717, 1.165) is 0 Å². The molecule has 0 unspecified atom stereocenters. The van der Waals surface area contributed by atoms with Crippen molar-refractivity contribution in [2.75, 3.05) is 33.3 Å². The molecule has 2 rings (SSSR count). The quantitative estimate of drug-likeness (QED) is 0.708. The Labute approximate surface area is 124 Å². The molecule has 0 N–H and O–H groups in total. The molecule has 2 heterocycles. The number of hydrogen-bond acceptors (Lipinski definition) is 6. The molecule has 11 heteroatoms. The van der Waals surface area contributed by atoms with Crippen LogP contribution >= 0.6 is 15.9 Å². The highest BCUT2D eigenvalue weighted by molar-refractivity contribution is 9.10. The monoisotopic (exact) mass is 367 g/mol. The number of carbonyl (C=O) groups is 1. The first-order valence-corrected chi connectivity index (χ1v) is 7.99. The zero-order valence-electron chi connectivity index (χ0n) is 11.0. The average Bonchev–Trinajstić information content (AvgIpc) is 2.78. The minimum atomic E-state index is -3.69. The van der Waals surface area contributed by atoms with Gasteiger partial charge in [-0.2, -0.15) is 4.31 Å². The highest BCUT2D eigenvalue weighted by Crippen LogP contribution is 2.23. The number of carbonyl (C=O) groups excluding carboxylic acids is 1. The summed E-state index contributed by atoms with van der Waals surface area (Å²) in [5, 5.41) is 7.34. The van der Waals surface area contributed by atoms with E-state index in [1.807, 2.05) is 0 Å². The van der Waals surface area contributed by atoms with Gasteiger partial charge in [0.05, 0.1) is 7.11 Å². The molecule has 0 aromatic carbocycles. The molecule has 112 valence electrons. The Morgan fingerprint density at radius 1 is 1.30 bits per heavy atom. The maximum Gasteiger partial charge on any atom is 0.409 e. The Bertz CT molecular complexity index is 588. The van der Waals surface area contributed by atoms with Crippen LogP contribution in [0.1, 0.15) is 0 Å². The number of piperazine rings is 1. The molecule has 1 aliphatic heterocycles. The summed E-state index contributed by atoms with van der Waals surface area (Å²) in [6.07, 6.45) is -0.453. The summed E-state index contributed by atoms with van der Waals surface area (Å²) in [7, 11) is -0.885. The lowest BCUT2D eigenvalue weighted by Gasteiger charge is -2.32. The molecule has 1 amide bonds. The van der Waals surface area contributed by atoms with E-state index >= 15 is 0 Å². The third kappa shape index (κ3) is 2.65. The molecule has 1 saturated heterocycles. The van der Waals surface area contributed by atoms with Gasteiger partial charge in [0.25, 0.3) is 10.0 Å². The standard InChI is InChI=1S/C9H14BrN5O4S/c1-13-8(7(10)11-12-13)20(17,18)15-5-3-14(4-6-15)9(16)19-2/h3-6H2,1-2H3. The molecule has 1 aromatic heterocycles. The van der Waals surface area contributed by atoms with E-state index in [2.05, 4.69) is 31.0 Å². The molecule has 0 bridgehead atoms. The molecular formula is C9H14BrN5O4S. The van der Waals surface area contributed by atoms with Crippen molar-refractivity contribution in [2.45, 2.75) is 5.03 Å². The van der Waals surface area contributed by atoms with E-state index in [1.165, 1.54) is 28.0 Å². The number of nitrogens with zero attached hydrogens (tertiary/aromatic N) is 5. The molecule has 9 nitrogen and oxygen atoms in total. The van der Waals surface area contributed by atoms with Crippen LogP contribution in [0.25, 0.3) is 0 Å². The Kier molecular flexibility index (Phi) is 4.30. The number of ether oxygens (including phenoxy) is 1. The second-order valence-corrected chi connectivity index (χ2v) is 6.77. The molecule has 0 saturated carbocycles. The second kappa shape index (κ2) is 5.66. The summed E-state index contributed by atoms with van der Waals surface area (Å²) in [5.41, 5.74) is 0. The van der Waals surface area contributed by atoms with Gasteiger partial charge < -0.3 is 9.64 Å². The number of rotatable bonds is 2. The van der Waals surface area contributed by atoms with Crippen LogP contribution in [0.2, 0.25) is 0 Å². The SMILES string of the molecule is COC(=O)N1CCN(S(=O)(=O)c2c(Br)nnn2C)CC1. The lowest BCUT2D eigenvalue weighted by molar-refractivity contribution is 0.107. The predicted octanol–water partition coefficient (Wildman–Crippen LogP) is -0.350. The average molecular weight is 368 g/mol. The van der Waals surface area contributed by atoms with Crippen molar-refractivity contribution in [3.8, 4) is 0 Å². The van der Waals surface area contributed by atoms with Gasteiger partial charge in [-0.3, -0.25) is 0 Å². The zero-order valence-corrected chi connectivity index (χ0v) is 13.4. The van der Waals surface area contributed by atoms with Crippen LogP contribution in [0.5, 0.6) is 0 Å². The van der Waals surface area contributed by atoms with Crippen molar-refractivity contribution in [1.29, 1.82) is 0 Å². The molecule has 0 atom stereocenters. The minimum Gasteiger partial charge on any atom is -0.453 e. The Morgan fingerprint density at radius 3 is 2.35 bits per heavy atom. The molecule has 0 aliphatic carbocycles. The largest absolute Gasteiger partial charge is 0.453 e. The Balaban J connectivity index is 2.16. The van der Waals surface area contributed by atoms with E-state index in [9.17, 15) is 13.2 Å². The van der Waals surface area contributed by atoms with E-state index in [4.69, 9.17) is 0 Å². The van der Waals surface area contributed by atoms with Gasteiger partial charge in [0.1, 0.15) is 0 Å². The summed E-state index contributed by atoms with van der Waals surface area (Å²) in [5.74, 6) is 0. The first-order valence-electron chi connectivity index (χ1n) is 5.76. The van der Waals surface area contributed by atoms with E-state index < -0.39 is 16.1 Å². The van der Waals surface area contributed by atoms with Crippen LogP contribution in [-0.2, 0) is 21.8 Å². The van der Waals surface area contributed by atoms with Gasteiger partial charge in [-0.25, -0.2) is 17.9 Å². The fraction of sp³-hybridized carbons (Fsp3) is 0.667. The van der Waals surface area contributed by atoms with Crippen LogP contribution in [0.3, 0.4) is 0 Å². The van der Waals surface area contributed by atoms with Crippen LogP contribution in [-0.4, -0.2) is 72.0 Å².